The van der Waals surface area contributed by atoms with Crippen molar-refractivity contribution in [1.29, 1.82) is 0 Å². The lowest BCUT2D eigenvalue weighted by Gasteiger charge is -2.40. The minimum atomic E-state index is -0.885. The number of nitrogens with zero attached hydrogens (tertiary/aromatic N) is 3. The molecule has 0 aromatic heterocycles. The fourth-order valence-corrected chi connectivity index (χ4v) is 4.99. The van der Waals surface area contributed by atoms with Gasteiger partial charge in [-0.1, -0.05) is 48.2 Å². The largest absolute Gasteiger partial charge is 0.347 e. The molecule has 7 heteroatoms. The number of hydroxylamine groups is 2. The lowest BCUT2D eigenvalue weighted by atomic mass is 9.97. The van der Waals surface area contributed by atoms with Gasteiger partial charge in [-0.15, -0.1) is 0 Å². The molecule has 2 N–H and O–H groups in total. The topological polar surface area (TPSA) is 76.1 Å². The Morgan fingerprint density at radius 2 is 1.53 bits per heavy atom. The summed E-state index contributed by atoms with van der Waals surface area (Å²) in [5, 5.41) is 14.6. The van der Waals surface area contributed by atoms with Gasteiger partial charge in [0.15, 0.2) is 6.17 Å². The van der Waals surface area contributed by atoms with E-state index in [4.69, 9.17) is 0 Å². The predicted molar refractivity (Wildman–Crippen MR) is 125 cm³/mol. The first kappa shape index (κ1) is 22.1. The van der Waals surface area contributed by atoms with Crippen LogP contribution in [0.3, 0.4) is 0 Å². The van der Waals surface area contributed by atoms with E-state index in [1.165, 1.54) is 0 Å². The standard InChI is InChI=1S/C25H32N4O3/c1-17-9-13-19(14-10-17)26-23(30)29(32)22-25(3,4)28(21-7-5-6-8-21)24(31)27(22)20-15-11-18(2)12-16-20/h9-16,21-22,32H,5-8H2,1-4H3,(H,26,30). The molecule has 2 aliphatic rings. The Labute approximate surface area is 189 Å². The van der Waals surface area contributed by atoms with Gasteiger partial charge in [-0.3, -0.25) is 10.1 Å². The smallest absolute Gasteiger partial charge is 0.312 e. The van der Waals surface area contributed by atoms with Crippen LogP contribution < -0.4 is 10.2 Å². The Morgan fingerprint density at radius 3 is 2.09 bits per heavy atom. The molecule has 4 rings (SSSR count). The predicted octanol–water partition coefficient (Wildman–Crippen LogP) is 5.52. The van der Waals surface area contributed by atoms with Crippen molar-refractivity contribution >= 4 is 23.4 Å². The monoisotopic (exact) mass is 436 g/mol. The maximum atomic E-state index is 13.7. The van der Waals surface area contributed by atoms with Crippen molar-refractivity contribution in [3.05, 3.63) is 59.7 Å². The Hall–Kier alpha value is -3.06. The van der Waals surface area contributed by atoms with Crippen molar-refractivity contribution in [2.24, 2.45) is 0 Å². The second kappa shape index (κ2) is 8.47. The first-order valence-electron chi connectivity index (χ1n) is 11.2. The molecule has 1 atom stereocenters. The Kier molecular flexibility index (Phi) is 5.86. The van der Waals surface area contributed by atoms with Crippen LogP contribution in [0.2, 0.25) is 0 Å². The van der Waals surface area contributed by atoms with Gasteiger partial charge >= 0.3 is 12.1 Å². The molecule has 1 aliphatic carbocycles. The van der Waals surface area contributed by atoms with Crippen molar-refractivity contribution in [3.63, 3.8) is 0 Å². The van der Waals surface area contributed by atoms with Crippen LogP contribution in [-0.4, -0.2) is 45.0 Å². The maximum absolute atomic E-state index is 13.7. The maximum Gasteiger partial charge on any atom is 0.347 e. The number of rotatable bonds is 4. The third-order valence-corrected chi connectivity index (χ3v) is 6.65. The van der Waals surface area contributed by atoms with E-state index in [0.717, 1.165) is 36.8 Å². The number of benzene rings is 2. The minimum absolute atomic E-state index is 0.101. The number of carbonyl (C=O) groups is 2. The van der Waals surface area contributed by atoms with Crippen molar-refractivity contribution in [1.82, 2.24) is 9.96 Å². The van der Waals surface area contributed by atoms with Crippen LogP contribution in [-0.2, 0) is 0 Å². The van der Waals surface area contributed by atoms with Gasteiger partial charge in [0.25, 0.3) is 0 Å². The molecule has 0 radical (unpaired) electrons. The fourth-order valence-electron chi connectivity index (χ4n) is 4.99. The Balaban J connectivity index is 1.69. The van der Waals surface area contributed by atoms with Crippen LogP contribution in [0.25, 0.3) is 0 Å². The Bertz CT molecular complexity index is 981. The zero-order valence-corrected chi connectivity index (χ0v) is 19.2. The molecule has 0 bridgehead atoms. The van der Waals surface area contributed by atoms with E-state index in [0.29, 0.717) is 16.4 Å². The van der Waals surface area contributed by atoms with Crippen LogP contribution in [0.5, 0.6) is 0 Å². The van der Waals surface area contributed by atoms with Crippen molar-refractivity contribution in [2.75, 3.05) is 10.2 Å². The zero-order chi connectivity index (χ0) is 23.0. The van der Waals surface area contributed by atoms with Gasteiger partial charge in [0.2, 0.25) is 0 Å². The van der Waals surface area contributed by atoms with Gasteiger partial charge in [0.1, 0.15) is 0 Å². The number of nitrogens with one attached hydrogen (secondary N) is 1. The first-order chi connectivity index (χ1) is 15.2. The highest BCUT2D eigenvalue weighted by molar-refractivity contribution is 5.98. The van der Waals surface area contributed by atoms with Crippen LogP contribution in [0.15, 0.2) is 48.5 Å². The number of urea groups is 2. The molecule has 2 fully saturated rings. The molecule has 7 nitrogen and oxygen atoms in total. The summed E-state index contributed by atoms with van der Waals surface area (Å²) < 4.78 is 0. The fraction of sp³-hybridized carbons (Fsp3) is 0.440. The summed E-state index contributed by atoms with van der Waals surface area (Å²) in [7, 11) is 0. The molecule has 2 aromatic carbocycles. The van der Waals surface area contributed by atoms with Crippen LogP contribution >= 0.6 is 0 Å². The van der Waals surface area contributed by atoms with Crippen molar-refractivity contribution in [3.8, 4) is 0 Å². The summed E-state index contributed by atoms with van der Waals surface area (Å²) in [4.78, 5) is 30.2. The van der Waals surface area contributed by atoms with Crippen LogP contribution in [0.1, 0.15) is 50.7 Å². The lowest BCUT2D eigenvalue weighted by molar-refractivity contribution is -0.0976. The van der Waals surface area contributed by atoms with Gasteiger partial charge in [0, 0.05) is 17.4 Å². The number of anilines is 2. The van der Waals surface area contributed by atoms with Gasteiger partial charge in [0.05, 0.1) is 5.54 Å². The lowest BCUT2D eigenvalue weighted by Crippen LogP contribution is -2.59. The number of carbonyl (C=O) groups excluding carboxylic acids is 2. The van der Waals surface area contributed by atoms with E-state index in [-0.39, 0.29) is 12.1 Å². The highest BCUT2D eigenvalue weighted by Gasteiger charge is 2.58. The Morgan fingerprint density at radius 1 is 1.00 bits per heavy atom. The molecule has 1 saturated carbocycles. The molecule has 1 aliphatic heterocycles. The molecule has 0 spiro atoms. The molecular formula is C25H32N4O3. The molecule has 32 heavy (non-hydrogen) atoms. The number of amides is 4. The highest BCUT2D eigenvalue weighted by atomic mass is 16.5. The van der Waals surface area contributed by atoms with E-state index in [9.17, 15) is 14.8 Å². The summed E-state index contributed by atoms with van der Waals surface area (Å²) in [5.74, 6) is 0. The van der Waals surface area contributed by atoms with Gasteiger partial charge in [-0.25, -0.2) is 9.59 Å². The molecule has 1 saturated heterocycles. The third-order valence-electron chi connectivity index (χ3n) is 6.65. The average molecular weight is 437 g/mol. The summed E-state index contributed by atoms with van der Waals surface area (Å²) in [6.07, 6.45) is 3.14. The van der Waals surface area contributed by atoms with Crippen molar-refractivity contribution in [2.45, 2.75) is 71.1 Å². The second-order valence-corrected chi connectivity index (χ2v) is 9.46. The average Bonchev–Trinajstić information content (AvgIpc) is 3.33. The molecule has 4 amide bonds. The first-order valence-corrected chi connectivity index (χ1v) is 11.2. The van der Waals surface area contributed by atoms with Gasteiger partial charge in [-0.05, 0) is 64.8 Å². The molecular weight excluding hydrogens is 404 g/mol. The van der Waals surface area contributed by atoms with Crippen LogP contribution in [0.4, 0.5) is 21.0 Å². The summed E-state index contributed by atoms with van der Waals surface area (Å²) in [6, 6.07) is 14.2. The van der Waals surface area contributed by atoms with E-state index in [1.807, 2.05) is 69.0 Å². The number of hydrogen-bond donors (Lipinski definition) is 2. The van der Waals surface area contributed by atoms with E-state index in [1.54, 1.807) is 17.0 Å². The quantitative estimate of drug-likeness (QED) is 0.490. The number of hydrogen-bond acceptors (Lipinski definition) is 3. The van der Waals surface area contributed by atoms with Gasteiger partial charge in [-0.2, -0.15) is 5.06 Å². The number of aryl methyl sites for hydroxylation is 2. The van der Waals surface area contributed by atoms with E-state index < -0.39 is 17.7 Å². The molecule has 170 valence electrons. The second-order valence-electron chi connectivity index (χ2n) is 9.46. The summed E-state index contributed by atoms with van der Waals surface area (Å²) in [6.45, 7) is 7.79. The van der Waals surface area contributed by atoms with E-state index in [2.05, 4.69) is 5.32 Å². The summed E-state index contributed by atoms with van der Waals surface area (Å²) in [5.41, 5.74) is 2.58. The highest BCUT2D eigenvalue weighted by Crippen LogP contribution is 2.42. The zero-order valence-electron chi connectivity index (χ0n) is 19.2. The summed E-state index contributed by atoms with van der Waals surface area (Å²) >= 11 is 0. The molecule has 1 unspecified atom stereocenters. The SMILES string of the molecule is Cc1ccc(NC(=O)N(O)C2N(c3ccc(C)cc3)C(=O)N(C3CCCC3)C2(C)C)cc1. The normalized spacial score (nSPS) is 20.7. The third kappa shape index (κ3) is 3.93. The van der Waals surface area contributed by atoms with Crippen molar-refractivity contribution < 1.29 is 14.8 Å². The molecule has 1 heterocycles. The molecule has 2 aromatic rings. The van der Waals surface area contributed by atoms with Gasteiger partial charge < -0.3 is 10.2 Å². The minimum Gasteiger partial charge on any atom is -0.312 e. The van der Waals surface area contributed by atoms with Crippen LogP contribution in [0, 0.1) is 13.8 Å². The van der Waals surface area contributed by atoms with E-state index >= 15 is 0 Å².